The van der Waals surface area contributed by atoms with E-state index in [2.05, 4.69) is 5.73 Å². The minimum absolute atomic E-state index is 0. The van der Waals surface area contributed by atoms with Crippen LogP contribution in [0.1, 0.15) is 5.56 Å². The molecule has 0 spiro atoms. The quantitative estimate of drug-likeness (QED) is 0.564. The first-order valence-corrected chi connectivity index (χ1v) is 3.81. The van der Waals surface area contributed by atoms with Gasteiger partial charge in [-0.1, -0.05) is 30.3 Å². The van der Waals surface area contributed by atoms with Gasteiger partial charge in [0.05, 0.1) is 6.61 Å². The van der Waals surface area contributed by atoms with E-state index in [9.17, 15) is 0 Å². The van der Waals surface area contributed by atoms with Gasteiger partial charge >= 0.3 is 0 Å². The predicted octanol–water partition coefficient (Wildman–Crippen LogP) is -3.16. The van der Waals surface area contributed by atoms with Crippen molar-refractivity contribution in [2.75, 3.05) is 6.61 Å². The van der Waals surface area contributed by atoms with Crippen LogP contribution < -0.4 is 29.7 Å². The molecule has 0 amide bonds. The summed E-state index contributed by atoms with van der Waals surface area (Å²) in [4.78, 5) is 0. The molecule has 12 heavy (non-hydrogen) atoms. The molecule has 0 radical (unpaired) electrons. The van der Waals surface area contributed by atoms with Crippen molar-refractivity contribution >= 4 is 0 Å². The van der Waals surface area contributed by atoms with Crippen LogP contribution in [-0.2, 0) is 6.42 Å². The fourth-order valence-corrected chi connectivity index (χ4v) is 1.01. The zero-order valence-electron chi connectivity index (χ0n) is 6.91. The monoisotopic (exact) mass is 279 g/mol. The molecule has 0 aromatic heterocycles. The van der Waals surface area contributed by atoms with Gasteiger partial charge in [0.1, 0.15) is 6.04 Å². The second-order valence-electron chi connectivity index (χ2n) is 2.74. The molecule has 4 N–H and O–H groups in total. The van der Waals surface area contributed by atoms with Gasteiger partial charge in [-0.05, 0) is 5.56 Å². The van der Waals surface area contributed by atoms with Crippen LogP contribution in [0.5, 0.6) is 0 Å². The summed E-state index contributed by atoms with van der Waals surface area (Å²) in [6.07, 6.45) is 0.858. The van der Waals surface area contributed by atoms with Gasteiger partial charge in [-0.15, -0.1) is 0 Å². The minimum atomic E-state index is 0. The first kappa shape index (κ1) is 11.9. The summed E-state index contributed by atoms with van der Waals surface area (Å²) in [5.74, 6) is 0. The lowest BCUT2D eigenvalue weighted by molar-refractivity contribution is -0.424. The average Bonchev–Trinajstić information content (AvgIpc) is 2.06. The van der Waals surface area contributed by atoms with E-state index in [-0.39, 0.29) is 36.6 Å². The molecule has 0 bridgehead atoms. The number of rotatable bonds is 3. The lowest BCUT2D eigenvalue weighted by Crippen LogP contribution is -3.00. The third-order valence-electron chi connectivity index (χ3n) is 1.63. The zero-order valence-corrected chi connectivity index (χ0v) is 9.07. The Hall–Kier alpha value is -0.130. The van der Waals surface area contributed by atoms with Gasteiger partial charge in [-0.3, -0.25) is 0 Å². The van der Waals surface area contributed by atoms with Crippen LogP contribution in [0.15, 0.2) is 30.3 Å². The van der Waals surface area contributed by atoms with Gasteiger partial charge in [-0.2, -0.15) is 0 Å². The van der Waals surface area contributed by atoms with Crippen LogP contribution in [0.25, 0.3) is 0 Å². The van der Waals surface area contributed by atoms with Gasteiger partial charge in [0.15, 0.2) is 0 Å². The highest BCUT2D eigenvalue weighted by molar-refractivity contribution is 5.15. The first-order valence-electron chi connectivity index (χ1n) is 3.81. The summed E-state index contributed by atoms with van der Waals surface area (Å²) in [7, 11) is 0. The molecule has 0 aliphatic heterocycles. The van der Waals surface area contributed by atoms with Gasteiger partial charge in [0.25, 0.3) is 0 Å². The van der Waals surface area contributed by atoms with Gasteiger partial charge in [0, 0.05) is 6.42 Å². The highest BCUT2D eigenvalue weighted by Crippen LogP contribution is 1.99. The summed E-state index contributed by atoms with van der Waals surface area (Å²) in [5, 5.41) is 8.73. The SMILES string of the molecule is [I-].[NH3+]C(CO)Cc1ccccc1. The highest BCUT2D eigenvalue weighted by atomic mass is 127. The largest absolute Gasteiger partial charge is 1.00 e. The Morgan fingerprint density at radius 2 is 1.83 bits per heavy atom. The fourth-order valence-electron chi connectivity index (χ4n) is 1.01. The Labute approximate surface area is 89.8 Å². The minimum Gasteiger partial charge on any atom is -1.00 e. The van der Waals surface area contributed by atoms with Crippen molar-refractivity contribution in [1.82, 2.24) is 0 Å². The van der Waals surface area contributed by atoms with Crippen LogP contribution in [0, 0.1) is 0 Å². The Bertz CT molecular complexity index is 203. The zero-order chi connectivity index (χ0) is 8.10. The molecule has 2 nitrogen and oxygen atoms in total. The van der Waals surface area contributed by atoms with E-state index >= 15 is 0 Å². The van der Waals surface area contributed by atoms with Gasteiger partial charge in [0.2, 0.25) is 0 Å². The number of aliphatic hydroxyl groups is 1. The molecular weight excluding hydrogens is 265 g/mol. The molecule has 1 unspecified atom stereocenters. The topological polar surface area (TPSA) is 47.9 Å². The summed E-state index contributed by atoms with van der Waals surface area (Å²) in [6.45, 7) is 0.162. The molecule has 1 rings (SSSR count). The van der Waals surface area contributed by atoms with Crippen molar-refractivity contribution in [3.05, 3.63) is 35.9 Å². The maximum atomic E-state index is 8.73. The lowest BCUT2D eigenvalue weighted by Gasteiger charge is -2.03. The van der Waals surface area contributed by atoms with E-state index in [1.54, 1.807) is 0 Å². The summed E-state index contributed by atoms with van der Waals surface area (Å²) >= 11 is 0. The number of hydrogen-bond donors (Lipinski definition) is 2. The third kappa shape index (κ3) is 4.04. The van der Waals surface area contributed by atoms with Gasteiger partial charge < -0.3 is 34.8 Å². The predicted molar refractivity (Wildman–Crippen MR) is 43.9 cm³/mol. The molecule has 1 atom stereocenters. The number of halogens is 1. The Morgan fingerprint density at radius 1 is 1.25 bits per heavy atom. The maximum absolute atomic E-state index is 8.73. The van der Waals surface area contributed by atoms with Crippen molar-refractivity contribution in [2.24, 2.45) is 0 Å². The molecule has 0 saturated heterocycles. The Morgan fingerprint density at radius 3 is 2.33 bits per heavy atom. The second-order valence-corrected chi connectivity index (χ2v) is 2.74. The third-order valence-corrected chi connectivity index (χ3v) is 1.63. The Balaban J connectivity index is 0.00000121. The average molecular weight is 279 g/mol. The maximum Gasteiger partial charge on any atom is 0.112 e. The lowest BCUT2D eigenvalue weighted by atomic mass is 10.1. The molecule has 0 aliphatic carbocycles. The number of hydrogen-bond acceptors (Lipinski definition) is 1. The van der Waals surface area contributed by atoms with Crippen LogP contribution in [-0.4, -0.2) is 17.8 Å². The van der Waals surface area contributed by atoms with E-state index < -0.39 is 0 Å². The van der Waals surface area contributed by atoms with Crippen LogP contribution in [0.3, 0.4) is 0 Å². The van der Waals surface area contributed by atoms with Crippen molar-refractivity contribution in [3.8, 4) is 0 Å². The number of benzene rings is 1. The van der Waals surface area contributed by atoms with Crippen LogP contribution in [0.2, 0.25) is 0 Å². The molecule has 0 aliphatic rings. The molecule has 0 fully saturated rings. The molecule has 3 heteroatoms. The second kappa shape index (κ2) is 6.39. The first-order chi connectivity index (χ1) is 5.33. The van der Waals surface area contributed by atoms with Gasteiger partial charge in [-0.25, -0.2) is 0 Å². The standard InChI is InChI=1S/C9H13NO.HI/c10-9(7-11)6-8-4-2-1-3-5-8;/h1-5,9,11H,6-7,10H2;1H. The van der Waals surface area contributed by atoms with E-state index in [1.165, 1.54) is 5.56 Å². The summed E-state index contributed by atoms with van der Waals surface area (Å²) in [6, 6.07) is 10.2. The molecule has 0 saturated carbocycles. The number of aliphatic hydroxyl groups excluding tert-OH is 1. The smallest absolute Gasteiger partial charge is 0.112 e. The Kier molecular flexibility index (Phi) is 6.32. The number of quaternary nitrogens is 1. The van der Waals surface area contributed by atoms with Crippen molar-refractivity contribution < 1.29 is 34.8 Å². The fraction of sp³-hybridized carbons (Fsp3) is 0.333. The molecule has 1 aromatic rings. The molecule has 68 valence electrons. The van der Waals surface area contributed by atoms with Crippen molar-refractivity contribution in [1.29, 1.82) is 0 Å². The van der Waals surface area contributed by atoms with E-state index in [0.29, 0.717) is 0 Å². The van der Waals surface area contributed by atoms with Crippen molar-refractivity contribution in [2.45, 2.75) is 12.5 Å². The molecule has 1 aromatic carbocycles. The van der Waals surface area contributed by atoms with E-state index in [1.807, 2.05) is 30.3 Å². The van der Waals surface area contributed by atoms with Crippen LogP contribution in [0.4, 0.5) is 0 Å². The molecule has 0 heterocycles. The van der Waals surface area contributed by atoms with Crippen molar-refractivity contribution in [3.63, 3.8) is 0 Å². The van der Waals surface area contributed by atoms with E-state index in [4.69, 9.17) is 5.11 Å². The van der Waals surface area contributed by atoms with Crippen LogP contribution >= 0.6 is 0 Å². The summed E-state index contributed by atoms with van der Waals surface area (Å²) in [5.41, 5.74) is 5.04. The highest BCUT2D eigenvalue weighted by Gasteiger charge is 2.03. The normalized spacial score (nSPS) is 11.8. The summed E-state index contributed by atoms with van der Waals surface area (Å²) < 4.78 is 0. The molecular formula is C9H14INO. The van der Waals surface area contributed by atoms with E-state index in [0.717, 1.165) is 6.42 Å².